The average Bonchev–Trinajstić information content (AvgIpc) is 3.11. The average molecular weight is 346 g/mol. The maximum atomic E-state index is 12.1. The van der Waals surface area contributed by atoms with E-state index in [0.717, 1.165) is 45.1 Å². The van der Waals surface area contributed by atoms with Crippen LogP contribution >= 0.6 is 0 Å². The van der Waals surface area contributed by atoms with Gasteiger partial charge in [0.15, 0.2) is 0 Å². The summed E-state index contributed by atoms with van der Waals surface area (Å²) >= 11 is 0. The first-order valence-corrected chi connectivity index (χ1v) is 8.35. The van der Waals surface area contributed by atoms with E-state index in [4.69, 9.17) is 5.11 Å². The molecule has 0 aliphatic carbocycles. The summed E-state index contributed by atoms with van der Waals surface area (Å²) in [4.78, 5) is 26.2. The Labute approximate surface area is 150 Å². The molecular formula is C21H18N2O3. The third-order valence-electron chi connectivity index (χ3n) is 4.88. The topological polar surface area (TPSA) is 82.2 Å². The van der Waals surface area contributed by atoms with Crippen molar-refractivity contribution in [2.24, 2.45) is 0 Å². The number of rotatable bonds is 3. The van der Waals surface area contributed by atoms with Crippen LogP contribution in [0.15, 0.2) is 48.5 Å². The number of aromatic amines is 1. The van der Waals surface area contributed by atoms with Gasteiger partial charge in [0.2, 0.25) is 5.91 Å². The van der Waals surface area contributed by atoms with Gasteiger partial charge < -0.3 is 15.4 Å². The molecule has 3 N–H and O–H groups in total. The second-order valence-corrected chi connectivity index (χ2v) is 7.04. The van der Waals surface area contributed by atoms with E-state index in [2.05, 4.69) is 10.3 Å². The van der Waals surface area contributed by atoms with Gasteiger partial charge in [-0.05, 0) is 66.9 Å². The van der Waals surface area contributed by atoms with Crippen LogP contribution < -0.4 is 5.32 Å². The molecule has 4 rings (SSSR count). The number of H-pyrrole nitrogens is 1. The summed E-state index contributed by atoms with van der Waals surface area (Å²) in [5.41, 5.74) is 5.07. The van der Waals surface area contributed by atoms with Crippen LogP contribution in [0.2, 0.25) is 0 Å². The summed E-state index contributed by atoms with van der Waals surface area (Å²) in [6, 6.07) is 13.7. The van der Waals surface area contributed by atoms with E-state index in [1.54, 1.807) is 6.08 Å². The fraction of sp³-hybridized carbons (Fsp3) is 0.143. The van der Waals surface area contributed by atoms with Gasteiger partial charge >= 0.3 is 5.97 Å². The van der Waals surface area contributed by atoms with Crippen LogP contribution in [0.3, 0.4) is 0 Å². The van der Waals surface area contributed by atoms with Crippen molar-refractivity contribution in [3.63, 3.8) is 0 Å². The fourth-order valence-corrected chi connectivity index (χ4v) is 3.32. The molecule has 130 valence electrons. The Hall–Kier alpha value is -3.34. The fourth-order valence-electron chi connectivity index (χ4n) is 3.32. The van der Waals surface area contributed by atoms with E-state index in [1.807, 2.05) is 56.3 Å². The van der Waals surface area contributed by atoms with Crippen LogP contribution in [0.5, 0.6) is 0 Å². The van der Waals surface area contributed by atoms with Crippen LogP contribution in [-0.2, 0) is 15.0 Å². The number of anilines is 1. The highest BCUT2D eigenvalue weighted by Crippen LogP contribution is 2.39. The number of carbonyl (C=O) groups excluding carboxylic acids is 1. The lowest BCUT2D eigenvalue weighted by molar-refractivity contribution is -0.131. The summed E-state index contributed by atoms with van der Waals surface area (Å²) in [5.74, 6) is -0.958. The van der Waals surface area contributed by atoms with Gasteiger partial charge in [-0.15, -0.1) is 0 Å². The number of aliphatic carboxylic acids is 1. The number of carbonyl (C=O) groups is 2. The highest BCUT2D eigenvalue weighted by Gasteiger charge is 2.38. The number of hydrogen-bond donors (Lipinski definition) is 3. The summed E-state index contributed by atoms with van der Waals surface area (Å²) in [7, 11) is 0. The van der Waals surface area contributed by atoms with Gasteiger partial charge in [-0.3, -0.25) is 4.79 Å². The minimum Gasteiger partial charge on any atom is -0.478 e. The van der Waals surface area contributed by atoms with E-state index in [-0.39, 0.29) is 5.91 Å². The van der Waals surface area contributed by atoms with Crippen LogP contribution in [0, 0.1) is 0 Å². The largest absolute Gasteiger partial charge is 0.478 e. The van der Waals surface area contributed by atoms with Gasteiger partial charge in [-0.25, -0.2) is 4.79 Å². The SMILES string of the molecule is CC1(C)C(=O)Nc2ccc(-c3cc4cc(/C=C/C(=O)O)ccc4[nH]3)cc21. The summed E-state index contributed by atoms with van der Waals surface area (Å²) in [6.45, 7) is 3.84. The number of carboxylic acid groups (broad SMARTS) is 1. The second-order valence-electron chi connectivity index (χ2n) is 7.04. The first-order valence-electron chi connectivity index (χ1n) is 8.35. The van der Waals surface area contributed by atoms with Crippen molar-refractivity contribution in [2.45, 2.75) is 19.3 Å². The number of aromatic nitrogens is 1. The van der Waals surface area contributed by atoms with Crippen molar-refractivity contribution in [2.75, 3.05) is 5.32 Å². The number of nitrogens with one attached hydrogen (secondary N) is 2. The van der Waals surface area contributed by atoms with Crippen LogP contribution in [0.4, 0.5) is 5.69 Å². The molecular weight excluding hydrogens is 328 g/mol. The lowest BCUT2D eigenvalue weighted by Crippen LogP contribution is -2.26. The Bertz CT molecular complexity index is 1090. The number of carboxylic acids is 1. The van der Waals surface area contributed by atoms with Crippen molar-refractivity contribution in [3.8, 4) is 11.3 Å². The van der Waals surface area contributed by atoms with Gasteiger partial charge in [-0.2, -0.15) is 0 Å². The molecule has 0 atom stereocenters. The Morgan fingerprint density at radius 1 is 1.12 bits per heavy atom. The van der Waals surface area contributed by atoms with Crippen molar-refractivity contribution in [3.05, 3.63) is 59.7 Å². The molecule has 2 aromatic carbocycles. The van der Waals surface area contributed by atoms with Crippen LogP contribution in [0.1, 0.15) is 25.0 Å². The summed E-state index contributed by atoms with van der Waals surface area (Å²) in [6.07, 6.45) is 2.70. The third-order valence-corrected chi connectivity index (χ3v) is 4.88. The monoisotopic (exact) mass is 346 g/mol. The van der Waals surface area contributed by atoms with Crippen LogP contribution in [0.25, 0.3) is 28.2 Å². The Morgan fingerprint density at radius 3 is 2.69 bits per heavy atom. The smallest absolute Gasteiger partial charge is 0.328 e. The van der Waals surface area contributed by atoms with E-state index in [0.29, 0.717) is 0 Å². The summed E-state index contributed by atoms with van der Waals surface area (Å²) in [5, 5.41) is 12.7. The molecule has 0 saturated carbocycles. The maximum Gasteiger partial charge on any atom is 0.328 e. The van der Waals surface area contributed by atoms with Crippen molar-refractivity contribution in [1.82, 2.24) is 4.98 Å². The van der Waals surface area contributed by atoms with Gasteiger partial charge in [0.05, 0.1) is 5.41 Å². The highest BCUT2D eigenvalue weighted by atomic mass is 16.4. The number of amides is 1. The van der Waals surface area contributed by atoms with E-state index in [1.165, 1.54) is 0 Å². The zero-order valence-electron chi connectivity index (χ0n) is 14.5. The number of fused-ring (bicyclic) bond motifs is 2. The first-order chi connectivity index (χ1) is 12.3. The van der Waals surface area contributed by atoms with Crippen molar-refractivity contribution in [1.29, 1.82) is 0 Å². The standard InChI is InChI=1S/C21H18N2O3/c1-21(2)15-10-13(5-7-17(15)23-20(21)26)18-11-14-9-12(4-8-19(24)25)3-6-16(14)22-18/h3-11,22H,1-2H3,(H,23,26)(H,24,25)/b8-4+. The molecule has 1 aliphatic heterocycles. The molecule has 1 amide bonds. The molecule has 0 radical (unpaired) electrons. The van der Waals surface area contributed by atoms with Crippen molar-refractivity contribution >= 4 is 34.5 Å². The van der Waals surface area contributed by atoms with Gasteiger partial charge in [0.1, 0.15) is 0 Å². The minimum atomic E-state index is -0.969. The lowest BCUT2D eigenvalue weighted by atomic mass is 9.85. The zero-order chi connectivity index (χ0) is 18.5. The molecule has 0 unspecified atom stereocenters. The quantitative estimate of drug-likeness (QED) is 0.623. The molecule has 2 heterocycles. The third kappa shape index (κ3) is 2.58. The van der Waals surface area contributed by atoms with Gasteiger partial charge in [-0.1, -0.05) is 12.1 Å². The molecule has 0 fully saturated rings. The first kappa shape index (κ1) is 16.1. The molecule has 0 bridgehead atoms. The maximum absolute atomic E-state index is 12.1. The molecule has 1 aromatic heterocycles. The normalized spacial score (nSPS) is 15.4. The van der Waals surface area contributed by atoms with Gasteiger partial charge in [0, 0.05) is 28.4 Å². The number of benzene rings is 2. The predicted octanol–water partition coefficient (Wildman–Crippen LogP) is 4.16. The van der Waals surface area contributed by atoms with Gasteiger partial charge in [0.25, 0.3) is 0 Å². The Balaban J connectivity index is 1.75. The highest BCUT2D eigenvalue weighted by molar-refractivity contribution is 6.06. The van der Waals surface area contributed by atoms with Crippen LogP contribution in [-0.4, -0.2) is 22.0 Å². The second kappa shape index (κ2) is 5.59. The predicted molar refractivity (Wildman–Crippen MR) is 102 cm³/mol. The number of hydrogen-bond acceptors (Lipinski definition) is 2. The van der Waals surface area contributed by atoms with E-state index < -0.39 is 11.4 Å². The molecule has 5 nitrogen and oxygen atoms in total. The van der Waals surface area contributed by atoms with E-state index in [9.17, 15) is 9.59 Å². The Kier molecular flexibility index (Phi) is 3.47. The molecule has 26 heavy (non-hydrogen) atoms. The molecule has 1 aliphatic rings. The molecule has 0 spiro atoms. The Morgan fingerprint density at radius 2 is 1.92 bits per heavy atom. The van der Waals surface area contributed by atoms with Crippen molar-refractivity contribution < 1.29 is 14.7 Å². The zero-order valence-corrected chi connectivity index (χ0v) is 14.5. The summed E-state index contributed by atoms with van der Waals surface area (Å²) < 4.78 is 0. The minimum absolute atomic E-state index is 0.0103. The molecule has 3 aromatic rings. The lowest BCUT2D eigenvalue weighted by Gasteiger charge is -2.15. The molecule has 0 saturated heterocycles. The molecule has 5 heteroatoms. The van der Waals surface area contributed by atoms with E-state index >= 15 is 0 Å².